The van der Waals surface area contributed by atoms with Crippen LogP contribution in [0.5, 0.6) is 0 Å². The maximum Gasteiger partial charge on any atom is 0.324 e. The summed E-state index contributed by atoms with van der Waals surface area (Å²) in [5.41, 5.74) is 0.661. The summed E-state index contributed by atoms with van der Waals surface area (Å²) < 4.78 is 0. The van der Waals surface area contributed by atoms with E-state index in [1.54, 1.807) is 24.3 Å². The Balaban J connectivity index is 2.14. The molecule has 0 bridgehead atoms. The standard InChI is InChI=1S/C13H9N3O3S/c14-8-10(9-4-2-1-3-5-9)15-13(17)11-6-7-12(20-11)16(18)19/h1-7,10H,(H,15,17). The van der Waals surface area contributed by atoms with Gasteiger partial charge in [0, 0.05) is 6.07 Å². The molecule has 1 aromatic carbocycles. The van der Waals surface area contributed by atoms with Crippen LogP contribution < -0.4 is 5.32 Å². The number of nitrogens with one attached hydrogen (secondary N) is 1. The minimum atomic E-state index is -0.787. The smallest absolute Gasteiger partial charge is 0.324 e. The van der Waals surface area contributed by atoms with E-state index in [0.717, 1.165) is 11.3 Å². The first-order valence-corrected chi connectivity index (χ1v) is 6.43. The fourth-order valence-electron chi connectivity index (χ4n) is 1.59. The van der Waals surface area contributed by atoms with E-state index in [0.29, 0.717) is 5.56 Å². The second-order valence-corrected chi connectivity index (χ2v) is 4.90. The van der Waals surface area contributed by atoms with Gasteiger partial charge in [-0.1, -0.05) is 41.7 Å². The number of hydrogen-bond donors (Lipinski definition) is 1. The molecular formula is C13H9N3O3S. The summed E-state index contributed by atoms with van der Waals surface area (Å²) in [5.74, 6) is -0.501. The molecule has 0 saturated carbocycles. The number of carbonyl (C=O) groups is 1. The van der Waals surface area contributed by atoms with Crippen molar-refractivity contribution in [3.05, 3.63) is 63.0 Å². The number of thiophene rings is 1. The lowest BCUT2D eigenvalue weighted by molar-refractivity contribution is -0.380. The number of nitriles is 1. The summed E-state index contributed by atoms with van der Waals surface area (Å²) in [5, 5.41) is 22.1. The van der Waals surface area contributed by atoms with E-state index in [4.69, 9.17) is 5.26 Å². The highest BCUT2D eigenvalue weighted by Gasteiger charge is 2.19. The zero-order chi connectivity index (χ0) is 14.5. The zero-order valence-corrected chi connectivity index (χ0v) is 11.0. The lowest BCUT2D eigenvalue weighted by atomic mass is 10.1. The Morgan fingerprint density at radius 1 is 1.30 bits per heavy atom. The Kier molecular flexibility index (Phi) is 4.08. The number of hydrogen-bond acceptors (Lipinski definition) is 5. The van der Waals surface area contributed by atoms with Gasteiger partial charge in [0.05, 0.1) is 15.9 Å². The molecule has 1 aromatic heterocycles. The summed E-state index contributed by atoms with van der Waals surface area (Å²) >= 11 is 0.776. The monoisotopic (exact) mass is 287 g/mol. The quantitative estimate of drug-likeness (QED) is 0.690. The topological polar surface area (TPSA) is 96.0 Å². The average Bonchev–Trinajstić information content (AvgIpc) is 2.95. The number of nitrogens with zero attached hydrogens (tertiary/aromatic N) is 2. The molecule has 0 spiro atoms. The van der Waals surface area contributed by atoms with Crippen molar-refractivity contribution in [3.63, 3.8) is 0 Å². The van der Waals surface area contributed by atoms with Crippen LogP contribution in [0.25, 0.3) is 0 Å². The molecule has 0 radical (unpaired) electrons. The Morgan fingerprint density at radius 3 is 2.55 bits per heavy atom. The fourth-order valence-corrected chi connectivity index (χ4v) is 2.31. The van der Waals surface area contributed by atoms with Crippen LogP contribution in [0.1, 0.15) is 21.3 Å². The van der Waals surface area contributed by atoms with Gasteiger partial charge >= 0.3 is 5.00 Å². The van der Waals surface area contributed by atoms with Gasteiger partial charge in [-0.2, -0.15) is 5.26 Å². The first-order chi connectivity index (χ1) is 9.61. The minimum absolute atomic E-state index is 0.108. The Hall–Kier alpha value is -2.72. The van der Waals surface area contributed by atoms with Crippen molar-refractivity contribution in [2.24, 2.45) is 0 Å². The molecule has 1 amide bonds. The highest BCUT2D eigenvalue weighted by Crippen LogP contribution is 2.24. The summed E-state index contributed by atoms with van der Waals surface area (Å²) in [6.07, 6.45) is 0. The van der Waals surface area contributed by atoms with Gasteiger partial charge in [-0.05, 0) is 11.6 Å². The van der Waals surface area contributed by atoms with Crippen LogP contribution in [0.15, 0.2) is 42.5 Å². The molecule has 7 heteroatoms. The van der Waals surface area contributed by atoms with Crippen LogP contribution in [0, 0.1) is 21.4 Å². The molecule has 100 valence electrons. The van der Waals surface area contributed by atoms with E-state index in [-0.39, 0.29) is 9.88 Å². The van der Waals surface area contributed by atoms with Crippen molar-refractivity contribution in [2.75, 3.05) is 0 Å². The number of nitro groups is 1. The number of benzene rings is 1. The lowest BCUT2D eigenvalue weighted by Gasteiger charge is -2.10. The predicted octanol–water partition coefficient (Wildman–Crippen LogP) is 2.65. The molecule has 2 rings (SSSR count). The number of carbonyl (C=O) groups excluding carboxylic acids is 1. The molecule has 0 aliphatic heterocycles. The maximum absolute atomic E-state index is 11.9. The van der Waals surface area contributed by atoms with Crippen molar-refractivity contribution in [1.29, 1.82) is 5.26 Å². The van der Waals surface area contributed by atoms with Crippen molar-refractivity contribution in [1.82, 2.24) is 5.32 Å². The van der Waals surface area contributed by atoms with Crippen LogP contribution in [-0.4, -0.2) is 10.8 Å². The third kappa shape index (κ3) is 2.99. The average molecular weight is 287 g/mol. The van der Waals surface area contributed by atoms with Crippen LogP contribution in [-0.2, 0) is 0 Å². The van der Waals surface area contributed by atoms with E-state index in [1.165, 1.54) is 12.1 Å². The zero-order valence-electron chi connectivity index (χ0n) is 10.1. The number of amides is 1. The maximum atomic E-state index is 11.9. The van der Waals surface area contributed by atoms with Crippen LogP contribution in [0.3, 0.4) is 0 Å². The molecule has 1 atom stereocenters. The minimum Gasteiger partial charge on any atom is -0.332 e. The molecule has 1 N–H and O–H groups in total. The van der Waals surface area contributed by atoms with Crippen LogP contribution in [0.4, 0.5) is 5.00 Å². The summed E-state index contributed by atoms with van der Waals surface area (Å²) in [7, 11) is 0. The van der Waals surface area contributed by atoms with Crippen LogP contribution >= 0.6 is 11.3 Å². The van der Waals surface area contributed by atoms with Gasteiger partial charge in [-0.15, -0.1) is 0 Å². The van der Waals surface area contributed by atoms with Gasteiger partial charge in [0.1, 0.15) is 6.04 Å². The molecule has 1 unspecified atom stereocenters. The number of rotatable bonds is 4. The second kappa shape index (κ2) is 5.95. The normalized spacial score (nSPS) is 11.3. The van der Waals surface area contributed by atoms with E-state index in [9.17, 15) is 14.9 Å². The van der Waals surface area contributed by atoms with Crippen molar-refractivity contribution in [3.8, 4) is 6.07 Å². The van der Waals surface area contributed by atoms with Crippen molar-refractivity contribution >= 4 is 22.2 Å². The molecular weight excluding hydrogens is 278 g/mol. The van der Waals surface area contributed by atoms with Gasteiger partial charge in [-0.25, -0.2) is 0 Å². The molecule has 0 fully saturated rings. The van der Waals surface area contributed by atoms with Gasteiger partial charge in [0.15, 0.2) is 0 Å². The summed E-state index contributed by atoms with van der Waals surface area (Å²) in [6, 6.07) is 12.6. The molecule has 6 nitrogen and oxygen atoms in total. The second-order valence-electron chi connectivity index (χ2n) is 3.84. The fraction of sp³-hybridized carbons (Fsp3) is 0.0769. The van der Waals surface area contributed by atoms with Gasteiger partial charge in [0.2, 0.25) is 0 Å². The van der Waals surface area contributed by atoms with Crippen molar-refractivity contribution in [2.45, 2.75) is 6.04 Å². The Morgan fingerprint density at radius 2 is 2.00 bits per heavy atom. The van der Waals surface area contributed by atoms with Gasteiger partial charge < -0.3 is 5.32 Å². The third-order valence-electron chi connectivity index (χ3n) is 2.53. The molecule has 0 saturated heterocycles. The first kappa shape index (κ1) is 13.7. The molecule has 0 aliphatic carbocycles. The van der Waals surface area contributed by atoms with E-state index in [2.05, 4.69) is 5.32 Å². The van der Waals surface area contributed by atoms with E-state index in [1.807, 2.05) is 12.1 Å². The predicted molar refractivity (Wildman–Crippen MR) is 73.2 cm³/mol. The SMILES string of the molecule is N#CC(NC(=O)c1ccc([N+](=O)[O-])s1)c1ccccc1. The third-order valence-corrected chi connectivity index (χ3v) is 3.57. The molecule has 1 heterocycles. The Labute approximate surface area is 118 Å². The molecule has 0 aliphatic rings. The summed E-state index contributed by atoms with van der Waals surface area (Å²) in [6.45, 7) is 0. The van der Waals surface area contributed by atoms with E-state index >= 15 is 0 Å². The molecule has 2 aromatic rings. The first-order valence-electron chi connectivity index (χ1n) is 5.61. The van der Waals surface area contributed by atoms with Gasteiger partial charge in [-0.3, -0.25) is 14.9 Å². The summed E-state index contributed by atoms with van der Waals surface area (Å²) in [4.78, 5) is 22.2. The van der Waals surface area contributed by atoms with Crippen LogP contribution in [0.2, 0.25) is 0 Å². The Bertz CT molecular complexity index is 676. The largest absolute Gasteiger partial charge is 0.332 e. The molecule has 20 heavy (non-hydrogen) atoms. The van der Waals surface area contributed by atoms with Crippen molar-refractivity contribution < 1.29 is 9.72 Å². The highest BCUT2D eigenvalue weighted by molar-refractivity contribution is 7.17. The van der Waals surface area contributed by atoms with Gasteiger partial charge in [0.25, 0.3) is 5.91 Å². The lowest BCUT2D eigenvalue weighted by Crippen LogP contribution is -2.26. The van der Waals surface area contributed by atoms with E-state index < -0.39 is 16.9 Å². The highest BCUT2D eigenvalue weighted by atomic mass is 32.1.